The van der Waals surface area contributed by atoms with Gasteiger partial charge in [0, 0.05) is 11.1 Å². The van der Waals surface area contributed by atoms with Crippen molar-refractivity contribution in [1.29, 1.82) is 0 Å². The second kappa shape index (κ2) is 6.69. The minimum Gasteiger partial charge on any atom is -0.458 e. The van der Waals surface area contributed by atoms with Crippen molar-refractivity contribution in [3.8, 4) is 0 Å². The maximum absolute atomic E-state index is 6.14. The van der Waals surface area contributed by atoms with Gasteiger partial charge in [-0.25, -0.2) is 0 Å². The van der Waals surface area contributed by atoms with Crippen LogP contribution in [-0.4, -0.2) is 18.6 Å². The molecule has 2 aromatic rings. The number of furan rings is 1. The van der Waals surface area contributed by atoms with Crippen LogP contribution in [0.2, 0.25) is 5.02 Å². The van der Waals surface area contributed by atoms with E-state index in [0.717, 1.165) is 22.5 Å². The Morgan fingerprint density at radius 1 is 1.32 bits per heavy atom. The summed E-state index contributed by atoms with van der Waals surface area (Å²) < 4.78 is 5.90. The highest BCUT2D eigenvalue weighted by molar-refractivity contribution is 7.99. The standard InChI is InChI=1S/C15H20ClNOS/c1-10(2)8-19-9-13(17-3)14-7-11-5-4-6-12(16)15(11)18-14/h4-7,10,13,17H,8-9H2,1-3H3. The molecular weight excluding hydrogens is 278 g/mol. The van der Waals surface area contributed by atoms with E-state index in [4.69, 9.17) is 16.0 Å². The number of fused-ring (bicyclic) bond motifs is 1. The van der Waals surface area contributed by atoms with Crippen molar-refractivity contribution in [2.24, 2.45) is 5.92 Å². The third-order valence-electron chi connectivity index (χ3n) is 2.94. The van der Waals surface area contributed by atoms with E-state index in [1.807, 2.05) is 37.0 Å². The summed E-state index contributed by atoms with van der Waals surface area (Å²) in [5, 5.41) is 5.06. The average molecular weight is 298 g/mol. The molecule has 1 atom stereocenters. The van der Waals surface area contributed by atoms with Crippen LogP contribution in [0.25, 0.3) is 11.0 Å². The van der Waals surface area contributed by atoms with Gasteiger partial charge in [0.2, 0.25) is 0 Å². The Hall–Kier alpha value is -0.640. The van der Waals surface area contributed by atoms with Crippen LogP contribution in [0, 0.1) is 5.92 Å². The predicted molar refractivity (Wildman–Crippen MR) is 85.2 cm³/mol. The lowest BCUT2D eigenvalue weighted by atomic mass is 10.2. The van der Waals surface area contributed by atoms with Gasteiger partial charge in [-0.15, -0.1) is 0 Å². The van der Waals surface area contributed by atoms with Crippen molar-refractivity contribution in [3.63, 3.8) is 0 Å². The highest BCUT2D eigenvalue weighted by Gasteiger charge is 2.16. The highest BCUT2D eigenvalue weighted by atomic mass is 35.5. The van der Waals surface area contributed by atoms with Gasteiger partial charge >= 0.3 is 0 Å². The molecule has 0 amide bonds. The SMILES string of the molecule is CNC(CSCC(C)C)c1cc2cccc(Cl)c2o1. The molecule has 0 saturated carbocycles. The normalized spacial score (nSPS) is 13.3. The van der Waals surface area contributed by atoms with Crippen molar-refractivity contribution in [2.45, 2.75) is 19.9 Å². The quantitative estimate of drug-likeness (QED) is 0.834. The van der Waals surface area contributed by atoms with Gasteiger partial charge in [0.1, 0.15) is 5.76 Å². The number of nitrogens with one attached hydrogen (secondary N) is 1. The van der Waals surface area contributed by atoms with E-state index in [0.29, 0.717) is 10.9 Å². The average Bonchev–Trinajstić information content (AvgIpc) is 2.79. The molecule has 1 heterocycles. The van der Waals surface area contributed by atoms with E-state index in [9.17, 15) is 0 Å². The summed E-state index contributed by atoms with van der Waals surface area (Å²) in [5.74, 6) is 3.85. The summed E-state index contributed by atoms with van der Waals surface area (Å²) in [7, 11) is 1.97. The van der Waals surface area contributed by atoms with E-state index >= 15 is 0 Å². The Kier molecular flexibility index (Phi) is 5.20. The Labute approximate surface area is 123 Å². The van der Waals surface area contributed by atoms with E-state index < -0.39 is 0 Å². The second-order valence-electron chi connectivity index (χ2n) is 5.08. The fourth-order valence-electron chi connectivity index (χ4n) is 1.95. The molecule has 1 N–H and O–H groups in total. The van der Waals surface area contributed by atoms with Crippen LogP contribution < -0.4 is 5.32 Å². The van der Waals surface area contributed by atoms with Gasteiger partial charge in [0.25, 0.3) is 0 Å². The lowest BCUT2D eigenvalue weighted by Crippen LogP contribution is -2.18. The summed E-state index contributed by atoms with van der Waals surface area (Å²) >= 11 is 8.09. The predicted octanol–water partition coefficient (Wildman–Crippen LogP) is 4.74. The smallest absolute Gasteiger partial charge is 0.152 e. The third kappa shape index (κ3) is 3.68. The largest absolute Gasteiger partial charge is 0.458 e. The highest BCUT2D eigenvalue weighted by Crippen LogP contribution is 2.30. The summed E-state index contributed by atoms with van der Waals surface area (Å²) in [6.07, 6.45) is 0. The maximum atomic E-state index is 6.14. The summed E-state index contributed by atoms with van der Waals surface area (Å²) in [6, 6.07) is 8.15. The van der Waals surface area contributed by atoms with Crippen LogP contribution in [0.1, 0.15) is 25.6 Å². The molecule has 0 aliphatic heterocycles. The lowest BCUT2D eigenvalue weighted by molar-refractivity contribution is 0.479. The Morgan fingerprint density at radius 2 is 2.11 bits per heavy atom. The van der Waals surface area contributed by atoms with Crippen LogP contribution in [-0.2, 0) is 0 Å². The monoisotopic (exact) mass is 297 g/mol. The fraction of sp³-hybridized carbons (Fsp3) is 0.467. The first-order valence-electron chi connectivity index (χ1n) is 6.54. The molecule has 0 saturated heterocycles. The first kappa shape index (κ1) is 14.8. The Balaban J connectivity index is 2.14. The summed E-state index contributed by atoms with van der Waals surface area (Å²) in [5.41, 5.74) is 0.785. The molecule has 4 heteroatoms. The molecule has 1 aromatic carbocycles. The second-order valence-corrected chi connectivity index (χ2v) is 6.56. The van der Waals surface area contributed by atoms with E-state index in [1.165, 1.54) is 5.75 Å². The van der Waals surface area contributed by atoms with Gasteiger partial charge in [-0.2, -0.15) is 11.8 Å². The third-order valence-corrected chi connectivity index (χ3v) is 4.71. The van der Waals surface area contributed by atoms with Gasteiger partial charge in [-0.3, -0.25) is 0 Å². The van der Waals surface area contributed by atoms with E-state index in [-0.39, 0.29) is 6.04 Å². The summed E-state index contributed by atoms with van der Waals surface area (Å²) in [6.45, 7) is 4.48. The minimum atomic E-state index is 0.229. The topological polar surface area (TPSA) is 25.2 Å². The zero-order valence-corrected chi connectivity index (χ0v) is 13.1. The number of hydrogen-bond donors (Lipinski definition) is 1. The molecule has 2 rings (SSSR count). The molecule has 0 spiro atoms. The molecule has 0 fully saturated rings. The van der Waals surface area contributed by atoms with E-state index in [2.05, 4.69) is 25.2 Å². The van der Waals surface area contributed by atoms with Crippen LogP contribution in [0.4, 0.5) is 0 Å². The molecule has 1 aromatic heterocycles. The van der Waals surface area contributed by atoms with Crippen molar-refractivity contribution in [1.82, 2.24) is 5.32 Å². The van der Waals surface area contributed by atoms with Gasteiger partial charge < -0.3 is 9.73 Å². The molecule has 0 aliphatic carbocycles. The van der Waals surface area contributed by atoms with Crippen molar-refractivity contribution >= 4 is 34.3 Å². The van der Waals surface area contributed by atoms with Crippen molar-refractivity contribution < 1.29 is 4.42 Å². The first-order chi connectivity index (χ1) is 9.11. The van der Waals surface area contributed by atoms with Gasteiger partial charge in [-0.05, 0) is 30.9 Å². The first-order valence-corrected chi connectivity index (χ1v) is 8.08. The summed E-state index contributed by atoms with van der Waals surface area (Å²) in [4.78, 5) is 0. The fourth-order valence-corrected chi connectivity index (χ4v) is 3.34. The lowest BCUT2D eigenvalue weighted by Gasteiger charge is -2.13. The van der Waals surface area contributed by atoms with Crippen LogP contribution in [0.5, 0.6) is 0 Å². The van der Waals surface area contributed by atoms with Gasteiger partial charge in [0.05, 0.1) is 11.1 Å². The number of hydrogen-bond acceptors (Lipinski definition) is 3. The van der Waals surface area contributed by atoms with Crippen LogP contribution >= 0.6 is 23.4 Å². The number of benzene rings is 1. The molecule has 0 aliphatic rings. The Morgan fingerprint density at radius 3 is 2.74 bits per heavy atom. The molecule has 1 unspecified atom stereocenters. The number of rotatable bonds is 6. The zero-order valence-electron chi connectivity index (χ0n) is 11.6. The molecule has 2 nitrogen and oxygen atoms in total. The van der Waals surface area contributed by atoms with E-state index in [1.54, 1.807) is 0 Å². The number of halogens is 1. The maximum Gasteiger partial charge on any atom is 0.152 e. The molecule has 19 heavy (non-hydrogen) atoms. The Bertz CT molecular complexity index is 538. The molecule has 104 valence electrons. The van der Waals surface area contributed by atoms with Crippen LogP contribution in [0.3, 0.4) is 0 Å². The minimum absolute atomic E-state index is 0.229. The number of para-hydroxylation sites is 1. The van der Waals surface area contributed by atoms with Gasteiger partial charge in [-0.1, -0.05) is 37.6 Å². The number of thioether (sulfide) groups is 1. The van der Waals surface area contributed by atoms with Crippen molar-refractivity contribution in [2.75, 3.05) is 18.6 Å². The molecule has 0 radical (unpaired) electrons. The van der Waals surface area contributed by atoms with Gasteiger partial charge in [0.15, 0.2) is 5.58 Å². The zero-order chi connectivity index (χ0) is 13.8. The van der Waals surface area contributed by atoms with Crippen LogP contribution in [0.15, 0.2) is 28.7 Å². The van der Waals surface area contributed by atoms with Crippen molar-refractivity contribution in [3.05, 3.63) is 35.0 Å². The molecular formula is C15H20ClNOS. The molecule has 0 bridgehead atoms.